The first kappa shape index (κ1) is 14.4. The Hall–Kier alpha value is -1.000. The van der Waals surface area contributed by atoms with Crippen molar-refractivity contribution in [3.63, 3.8) is 0 Å². The summed E-state index contributed by atoms with van der Waals surface area (Å²) >= 11 is 6.69. The van der Waals surface area contributed by atoms with Gasteiger partial charge in [0.2, 0.25) is 5.78 Å². The van der Waals surface area contributed by atoms with E-state index in [-0.39, 0.29) is 5.78 Å². The summed E-state index contributed by atoms with van der Waals surface area (Å²) in [6.07, 6.45) is 1.63. The Bertz CT molecular complexity index is 606. The maximum atomic E-state index is 12.4. The molecule has 0 amide bonds. The summed E-state index contributed by atoms with van der Waals surface area (Å²) in [5.74, 6) is 0.386. The second-order valence-corrected chi connectivity index (χ2v) is 6.36. The standard InChI is InChI=1S/C15H13Br2NO/c1-9(2)10-3-5-11(6-4-10)15(19)14-13(17)7-12(16)8-18-14/h3-9H,1-2H3. The van der Waals surface area contributed by atoms with Crippen LogP contribution >= 0.6 is 31.9 Å². The largest absolute Gasteiger partial charge is 0.287 e. The third-order valence-corrected chi connectivity index (χ3v) is 3.90. The summed E-state index contributed by atoms with van der Waals surface area (Å²) in [6, 6.07) is 9.51. The van der Waals surface area contributed by atoms with Crippen LogP contribution in [0.3, 0.4) is 0 Å². The molecule has 0 N–H and O–H groups in total. The Balaban J connectivity index is 2.33. The van der Waals surface area contributed by atoms with Crippen LogP contribution in [0.25, 0.3) is 0 Å². The Kier molecular flexibility index (Phi) is 4.53. The first-order valence-electron chi connectivity index (χ1n) is 5.94. The van der Waals surface area contributed by atoms with Gasteiger partial charge in [0.15, 0.2) is 0 Å². The average Bonchev–Trinajstić information content (AvgIpc) is 2.38. The van der Waals surface area contributed by atoms with Gasteiger partial charge >= 0.3 is 0 Å². The number of carbonyl (C=O) groups is 1. The number of hydrogen-bond acceptors (Lipinski definition) is 2. The van der Waals surface area contributed by atoms with Gasteiger partial charge in [-0.25, -0.2) is 0 Å². The number of hydrogen-bond donors (Lipinski definition) is 0. The summed E-state index contributed by atoms with van der Waals surface area (Å²) in [7, 11) is 0. The highest BCUT2D eigenvalue weighted by molar-refractivity contribution is 9.11. The molecular weight excluding hydrogens is 370 g/mol. The van der Waals surface area contributed by atoms with Crippen molar-refractivity contribution < 1.29 is 4.79 Å². The highest BCUT2D eigenvalue weighted by Crippen LogP contribution is 2.23. The van der Waals surface area contributed by atoms with Crippen molar-refractivity contribution in [2.75, 3.05) is 0 Å². The molecule has 0 fully saturated rings. The summed E-state index contributed by atoms with van der Waals surface area (Å²) in [4.78, 5) is 16.5. The maximum Gasteiger partial charge on any atom is 0.212 e. The van der Waals surface area contributed by atoms with Crippen LogP contribution in [-0.2, 0) is 0 Å². The molecule has 0 bridgehead atoms. The van der Waals surface area contributed by atoms with Gasteiger partial charge in [0.05, 0.1) is 0 Å². The number of benzene rings is 1. The minimum atomic E-state index is -0.0744. The van der Waals surface area contributed by atoms with Crippen molar-refractivity contribution in [1.82, 2.24) is 4.98 Å². The van der Waals surface area contributed by atoms with E-state index in [1.165, 1.54) is 5.56 Å². The number of nitrogens with zero attached hydrogens (tertiary/aromatic N) is 1. The Morgan fingerprint density at radius 2 is 1.79 bits per heavy atom. The zero-order valence-electron chi connectivity index (χ0n) is 10.7. The van der Waals surface area contributed by atoms with Crippen LogP contribution in [-0.4, -0.2) is 10.8 Å². The molecule has 0 aliphatic carbocycles. The van der Waals surface area contributed by atoms with E-state index >= 15 is 0 Å². The van der Waals surface area contributed by atoms with Crippen molar-refractivity contribution in [3.8, 4) is 0 Å². The second kappa shape index (κ2) is 5.97. The van der Waals surface area contributed by atoms with Gasteiger partial charge in [-0.3, -0.25) is 9.78 Å². The van der Waals surface area contributed by atoms with E-state index in [1.54, 1.807) is 6.20 Å². The van der Waals surface area contributed by atoms with Gasteiger partial charge in [0, 0.05) is 20.7 Å². The Morgan fingerprint density at radius 1 is 1.16 bits per heavy atom. The minimum absolute atomic E-state index is 0.0744. The molecular formula is C15H13Br2NO. The molecule has 1 heterocycles. The molecule has 19 heavy (non-hydrogen) atoms. The lowest BCUT2D eigenvalue weighted by Gasteiger charge is -2.07. The quantitative estimate of drug-likeness (QED) is 0.702. The molecule has 2 nitrogen and oxygen atoms in total. The molecule has 0 unspecified atom stereocenters. The van der Waals surface area contributed by atoms with Crippen LogP contribution in [0.1, 0.15) is 41.4 Å². The van der Waals surface area contributed by atoms with Crippen LogP contribution in [0, 0.1) is 0 Å². The molecule has 2 aromatic rings. The molecule has 4 heteroatoms. The van der Waals surface area contributed by atoms with Crippen LogP contribution < -0.4 is 0 Å². The number of pyridine rings is 1. The average molecular weight is 383 g/mol. The fraction of sp³-hybridized carbons (Fsp3) is 0.200. The number of aromatic nitrogens is 1. The van der Waals surface area contributed by atoms with Crippen molar-refractivity contribution in [2.45, 2.75) is 19.8 Å². The predicted molar refractivity (Wildman–Crippen MR) is 83.6 cm³/mol. The molecule has 0 atom stereocenters. The fourth-order valence-corrected chi connectivity index (χ4v) is 2.91. The van der Waals surface area contributed by atoms with E-state index in [1.807, 2.05) is 30.3 Å². The monoisotopic (exact) mass is 381 g/mol. The molecule has 2 rings (SSSR count). The summed E-state index contributed by atoms with van der Waals surface area (Å²) < 4.78 is 1.53. The van der Waals surface area contributed by atoms with Crippen LogP contribution in [0.4, 0.5) is 0 Å². The number of halogens is 2. The van der Waals surface area contributed by atoms with Crippen molar-refractivity contribution in [2.24, 2.45) is 0 Å². The lowest BCUT2D eigenvalue weighted by Crippen LogP contribution is -2.05. The molecule has 0 aliphatic rings. The maximum absolute atomic E-state index is 12.4. The van der Waals surface area contributed by atoms with Gasteiger partial charge in [-0.2, -0.15) is 0 Å². The van der Waals surface area contributed by atoms with Gasteiger partial charge in [-0.05, 0) is 49.4 Å². The molecule has 0 radical (unpaired) electrons. The lowest BCUT2D eigenvalue weighted by molar-refractivity contribution is 0.103. The number of ketones is 1. The zero-order chi connectivity index (χ0) is 14.0. The van der Waals surface area contributed by atoms with E-state index in [4.69, 9.17) is 0 Å². The van der Waals surface area contributed by atoms with Crippen LogP contribution in [0.15, 0.2) is 45.5 Å². The smallest absolute Gasteiger partial charge is 0.212 e. The summed E-state index contributed by atoms with van der Waals surface area (Å²) in [5, 5.41) is 0. The zero-order valence-corrected chi connectivity index (χ0v) is 13.8. The third-order valence-electron chi connectivity index (χ3n) is 2.86. The molecule has 1 aromatic heterocycles. The van der Waals surface area contributed by atoms with Crippen molar-refractivity contribution in [1.29, 1.82) is 0 Å². The fourth-order valence-electron chi connectivity index (χ4n) is 1.74. The van der Waals surface area contributed by atoms with E-state index < -0.39 is 0 Å². The van der Waals surface area contributed by atoms with Crippen LogP contribution in [0.2, 0.25) is 0 Å². The van der Waals surface area contributed by atoms with Gasteiger partial charge < -0.3 is 0 Å². The van der Waals surface area contributed by atoms with E-state index in [2.05, 4.69) is 50.7 Å². The van der Waals surface area contributed by atoms with Gasteiger partial charge in [-0.15, -0.1) is 0 Å². The van der Waals surface area contributed by atoms with E-state index in [0.29, 0.717) is 21.6 Å². The van der Waals surface area contributed by atoms with E-state index in [0.717, 1.165) is 4.47 Å². The molecule has 98 valence electrons. The minimum Gasteiger partial charge on any atom is -0.287 e. The third kappa shape index (κ3) is 3.31. The van der Waals surface area contributed by atoms with E-state index in [9.17, 15) is 4.79 Å². The highest BCUT2D eigenvalue weighted by Gasteiger charge is 2.14. The van der Waals surface area contributed by atoms with Crippen LogP contribution in [0.5, 0.6) is 0 Å². The predicted octanol–water partition coefficient (Wildman–Crippen LogP) is 4.96. The second-order valence-electron chi connectivity index (χ2n) is 4.59. The molecule has 1 aromatic carbocycles. The molecule has 0 saturated heterocycles. The SMILES string of the molecule is CC(C)c1ccc(C(=O)c2ncc(Br)cc2Br)cc1. The Morgan fingerprint density at radius 3 is 2.32 bits per heavy atom. The molecule has 0 spiro atoms. The molecule has 0 saturated carbocycles. The van der Waals surface area contributed by atoms with Crippen molar-refractivity contribution >= 4 is 37.6 Å². The van der Waals surface area contributed by atoms with Crippen molar-refractivity contribution in [3.05, 3.63) is 62.3 Å². The lowest BCUT2D eigenvalue weighted by atomic mass is 9.99. The Labute approximate surface area is 129 Å². The normalized spacial score (nSPS) is 10.8. The number of rotatable bonds is 3. The summed E-state index contributed by atoms with van der Waals surface area (Å²) in [6.45, 7) is 4.26. The summed E-state index contributed by atoms with van der Waals surface area (Å²) in [5.41, 5.74) is 2.31. The van der Waals surface area contributed by atoms with Gasteiger partial charge in [0.25, 0.3) is 0 Å². The first-order valence-corrected chi connectivity index (χ1v) is 7.53. The van der Waals surface area contributed by atoms with Gasteiger partial charge in [0.1, 0.15) is 5.69 Å². The topological polar surface area (TPSA) is 30.0 Å². The first-order chi connectivity index (χ1) is 8.99. The highest BCUT2D eigenvalue weighted by atomic mass is 79.9. The molecule has 0 aliphatic heterocycles. The number of carbonyl (C=O) groups excluding carboxylic acids is 1. The van der Waals surface area contributed by atoms with Gasteiger partial charge in [-0.1, -0.05) is 38.1 Å².